The Morgan fingerprint density at radius 1 is 1.09 bits per heavy atom. The van der Waals surface area contributed by atoms with E-state index >= 15 is 0 Å². The number of rotatable bonds is 4. The first-order chi connectivity index (χ1) is 11.2. The molecule has 1 aromatic rings. The van der Waals surface area contributed by atoms with Gasteiger partial charge >= 0.3 is 5.97 Å². The molecule has 3 heteroatoms. The molecule has 2 aliphatic carbocycles. The molecule has 0 N–H and O–H groups in total. The lowest BCUT2D eigenvalue weighted by Gasteiger charge is -2.41. The number of carbonyl (C=O) groups is 1. The third kappa shape index (κ3) is 4.13. The fourth-order valence-corrected chi connectivity index (χ4v) is 4.53. The second-order valence-corrected chi connectivity index (χ2v) is 7.34. The number of benzene rings is 1. The van der Waals surface area contributed by atoms with E-state index in [2.05, 4.69) is 6.92 Å². The summed E-state index contributed by atoms with van der Waals surface area (Å²) in [4.78, 5) is 12.2. The predicted molar refractivity (Wildman–Crippen MR) is 88.7 cm³/mol. The number of esters is 1. The van der Waals surface area contributed by atoms with E-state index in [1.807, 2.05) is 0 Å². The normalized spacial score (nSPS) is 30.5. The van der Waals surface area contributed by atoms with Gasteiger partial charge in [-0.1, -0.05) is 26.2 Å². The van der Waals surface area contributed by atoms with Gasteiger partial charge in [-0.15, -0.1) is 0 Å². The lowest BCUT2D eigenvalue weighted by Crippen LogP contribution is -2.35. The van der Waals surface area contributed by atoms with Crippen LogP contribution in [0.3, 0.4) is 0 Å². The summed E-state index contributed by atoms with van der Waals surface area (Å²) in [5, 5.41) is 0. The summed E-state index contributed by atoms with van der Waals surface area (Å²) < 4.78 is 18.6. The van der Waals surface area contributed by atoms with Crippen LogP contribution in [0.25, 0.3) is 0 Å². The molecular formula is C20H27FO2. The highest BCUT2D eigenvalue weighted by Crippen LogP contribution is 2.44. The molecule has 0 amide bonds. The maximum Gasteiger partial charge on any atom is 0.338 e. The molecule has 1 aromatic carbocycles. The van der Waals surface area contributed by atoms with E-state index in [9.17, 15) is 9.18 Å². The Morgan fingerprint density at radius 3 is 2.52 bits per heavy atom. The van der Waals surface area contributed by atoms with Crippen LogP contribution in [0.4, 0.5) is 4.39 Å². The lowest BCUT2D eigenvalue weighted by molar-refractivity contribution is -0.00620. The van der Waals surface area contributed by atoms with Crippen molar-refractivity contribution in [2.45, 2.75) is 64.4 Å². The van der Waals surface area contributed by atoms with Gasteiger partial charge < -0.3 is 4.74 Å². The van der Waals surface area contributed by atoms with Crippen molar-refractivity contribution in [3.8, 4) is 0 Å². The zero-order chi connectivity index (χ0) is 16.2. The molecule has 0 radical (unpaired) electrons. The Hall–Kier alpha value is -1.38. The van der Waals surface area contributed by atoms with Gasteiger partial charge in [-0.05, 0) is 74.1 Å². The Morgan fingerprint density at radius 2 is 1.78 bits per heavy atom. The maximum atomic E-state index is 12.9. The van der Waals surface area contributed by atoms with E-state index in [4.69, 9.17) is 4.74 Å². The van der Waals surface area contributed by atoms with E-state index in [0.29, 0.717) is 5.56 Å². The van der Waals surface area contributed by atoms with Crippen molar-refractivity contribution in [1.82, 2.24) is 0 Å². The van der Waals surface area contributed by atoms with Crippen LogP contribution in [0.2, 0.25) is 0 Å². The van der Waals surface area contributed by atoms with Crippen molar-refractivity contribution in [1.29, 1.82) is 0 Å². The Bertz CT molecular complexity index is 525. The van der Waals surface area contributed by atoms with Crippen molar-refractivity contribution in [3.63, 3.8) is 0 Å². The molecule has 0 aliphatic heterocycles. The summed E-state index contributed by atoms with van der Waals surface area (Å²) in [5.41, 5.74) is 0.445. The number of carbonyl (C=O) groups excluding carboxylic acids is 1. The summed E-state index contributed by atoms with van der Waals surface area (Å²) in [5.74, 6) is 1.84. The number of ether oxygens (including phenoxy) is 1. The number of hydrogen-bond donors (Lipinski definition) is 0. The Kier molecular flexibility index (Phi) is 5.34. The highest BCUT2D eigenvalue weighted by atomic mass is 19.1. The van der Waals surface area contributed by atoms with Gasteiger partial charge in [0, 0.05) is 0 Å². The van der Waals surface area contributed by atoms with Gasteiger partial charge in [-0.3, -0.25) is 0 Å². The van der Waals surface area contributed by atoms with Gasteiger partial charge in [0.2, 0.25) is 0 Å². The molecule has 0 bridgehead atoms. The van der Waals surface area contributed by atoms with E-state index < -0.39 is 0 Å². The molecule has 3 rings (SSSR count). The van der Waals surface area contributed by atoms with Gasteiger partial charge in [-0.25, -0.2) is 9.18 Å². The molecule has 0 aromatic heterocycles. The quantitative estimate of drug-likeness (QED) is 0.698. The van der Waals surface area contributed by atoms with Crippen LogP contribution in [0.5, 0.6) is 0 Å². The minimum atomic E-state index is -0.328. The van der Waals surface area contributed by atoms with Crippen LogP contribution in [0.1, 0.15) is 68.6 Å². The van der Waals surface area contributed by atoms with Crippen LogP contribution in [0.15, 0.2) is 24.3 Å². The molecule has 2 nitrogen and oxygen atoms in total. The summed E-state index contributed by atoms with van der Waals surface area (Å²) in [6.07, 6.45) is 9.88. The van der Waals surface area contributed by atoms with Gasteiger partial charge in [0.1, 0.15) is 11.9 Å². The second kappa shape index (κ2) is 7.46. The smallest absolute Gasteiger partial charge is 0.338 e. The molecule has 4 atom stereocenters. The van der Waals surface area contributed by atoms with Crippen molar-refractivity contribution < 1.29 is 13.9 Å². The predicted octanol–water partition coefficient (Wildman–Crippen LogP) is 5.37. The number of halogens is 1. The lowest BCUT2D eigenvalue weighted by atomic mass is 9.66. The van der Waals surface area contributed by atoms with Crippen LogP contribution in [-0.4, -0.2) is 12.1 Å². The fraction of sp³-hybridized carbons (Fsp3) is 0.650. The SMILES string of the molecule is CCC[C@@H]1CC[C@@H]2C[C@@H](OC(=O)c3ccc(F)cc3)CC[C@@H]2C1. The average Bonchev–Trinajstić information content (AvgIpc) is 2.56. The highest BCUT2D eigenvalue weighted by Gasteiger charge is 2.36. The molecule has 23 heavy (non-hydrogen) atoms. The summed E-state index contributed by atoms with van der Waals surface area (Å²) in [6.45, 7) is 2.28. The van der Waals surface area contributed by atoms with Crippen molar-refractivity contribution in [2.75, 3.05) is 0 Å². The Labute approximate surface area is 138 Å². The second-order valence-electron chi connectivity index (χ2n) is 7.34. The topological polar surface area (TPSA) is 26.3 Å². The summed E-state index contributed by atoms with van der Waals surface area (Å²) in [7, 11) is 0. The van der Waals surface area contributed by atoms with Crippen LogP contribution in [-0.2, 0) is 4.74 Å². The summed E-state index contributed by atoms with van der Waals surface area (Å²) in [6, 6.07) is 5.61. The molecule has 2 saturated carbocycles. The van der Waals surface area contributed by atoms with Crippen molar-refractivity contribution in [2.24, 2.45) is 17.8 Å². The molecule has 126 valence electrons. The molecule has 0 spiro atoms. The van der Waals surface area contributed by atoms with Crippen molar-refractivity contribution >= 4 is 5.97 Å². The third-order valence-corrected chi connectivity index (χ3v) is 5.72. The van der Waals surface area contributed by atoms with E-state index in [-0.39, 0.29) is 17.9 Å². The molecular weight excluding hydrogens is 291 g/mol. The number of fused-ring (bicyclic) bond motifs is 1. The van der Waals surface area contributed by atoms with Crippen LogP contribution >= 0.6 is 0 Å². The number of hydrogen-bond acceptors (Lipinski definition) is 2. The largest absolute Gasteiger partial charge is 0.459 e. The fourth-order valence-electron chi connectivity index (χ4n) is 4.53. The van der Waals surface area contributed by atoms with E-state index in [0.717, 1.165) is 30.6 Å². The molecule has 0 saturated heterocycles. The van der Waals surface area contributed by atoms with E-state index in [1.54, 1.807) is 0 Å². The average molecular weight is 318 g/mol. The van der Waals surface area contributed by atoms with Crippen molar-refractivity contribution in [3.05, 3.63) is 35.6 Å². The molecule has 0 heterocycles. The Balaban J connectivity index is 1.52. The van der Waals surface area contributed by atoms with Gasteiger partial charge in [0.15, 0.2) is 0 Å². The standard InChI is InChI=1S/C20H27FO2/c1-2-3-14-4-5-17-13-19(11-8-16(17)12-14)23-20(22)15-6-9-18(21)10-7-15/h6-7,9-10,14,16-17,19H,2-5,8,11-13H2,1H3/t14-,16-,17-,19+/m1/s1. The molecule has 2 fully saturated rings. The zero-order valence-electron chi connectivity index (χ0n) is 14.0. The van der Waals surface area contributed by atoms with Crippen LogP contribution < -0.4 is 0 Å². The van der Waals surface area contributed by atoms with Gasteiger partial charge in [-0.2, -0.15) is 0 Å². The van der Waals surface area contributed by atoms with Gasteiger partial charge in [0.25, 0.3) is 0 Å². The van der Waals surface area contributed by atoms with Crippen LogP contribution in [0, 0.1) is 23.6 Å². The first-order valence-corrected chi connectivity index (χ1v) is 9.12. The molecule has 0 unspecified atom stereocenters. The van der Waals surface area contributed by atoms with Gasteiger partial charge in [0.05, 0.1) is 5.56 Å². The first kappa shape index (κ1) is 16.5. The first-order valence-electron chi connectivity index (χ1n) is 9.12. The van der Waals surface area contributed by atoms with E-state index in [1.165, 1.54) is 62.8 Å². The third-order valence-electron chi connectivity index (χ3n) is 5.72. The maximum absolute atomic E-state index is 12.9. The summed E-state index contributed by atoms with van der Waals surface area (Å²) >= 11 is 0. The minimum absolute atomic E-state index is 0.0385. The molecule has 2 aliphatic rings. The minimum Gasteiger partial charge on any atom is -0.459 e. The zero-order valence-corrected chi connectivity index (χ0v) is 14.0. The highest BCUT2D eigenvalue weighted by molar-refractivity contribution is 5.89. The monoisotopic (exact) mass is 318 g/mol.